The lowest BCUT2D eigenvalue weighted by atomic mass is 10.4. The van der Waals surface area contributed by atoms with E-state index in [1.807, 2.05) is 0 Å². The lowest BCUT2D eigenvalue weighted by Crippen LogP contribution is -2.21. The number of hydrogen-bond donors (Lipinski definition) is 2. The van der Waals surface area contributed by atoms with Crippen molar-refractivity contribution in [2.45, 2.75) is 0 Å². The molecule has 0 fully saturated rings. The number of rotatable bonds is 4. The van der Waals surface area contributed by atoms with Crippen LogP contribution < -0.4 is 5.73 Å². The van der Waals surface area contributed by atoms with E-state index < -0.39 is 5.84 Å². The summed E-state index contributed by atoms with van der Waals surface area (Å²) in [6, 6.07) is 1.60. The van der Waals surface area contributed by atoms with Crippen molar-refractivity contribution in [1.29, 1.82) is 10.7 Å². The molecule has 0 aliphatic rings. The number of hydrogen-bond acceptors (Lipinski definition) is 4. The first-order valence-corrected chi connectivity index (χ1v) is 2.77. The Balaban J connectivity index is 4.04. The molecule has 11 heavy (non-hydrogen) atoms. The van der Waals surface area contributed by atoms with Crippen molar-refractivity contribution in [3.05, 3.63) is 12.7 Å². The Kier molecular flexibility index (Phi) is 4.16. The Labute approximate surface area is 64.3 Å². The smallest absolute Gasteiger partial charge is 0.220 e. The normalized spacial score (nSPS) is 9.91. The van der Waals surface area contributed by atoms with Gasteiger partial charge in [-0.2, -0.15) is 5.26 Å². The van der Waals surface area contributed by atoms with Gasteiger partial charge in [-0.25, -0.2) is 0 Å². The van der Waals surface area contributed by atoms with E-state index in [2.05, 4.69) is 16.6 Å². The molecule has 58 valence electrons. The van der Waals surface area contributed by atoms with Crippen LogP contribution in [-0.2, 0) is 4.84 Å². The Morgan fingerprint density at radius 2 is 2.55 bits per heavy atom. The highest BCUT2D eigenvalue weighted by Crippen LogP contribution is 1.80. The van der Waals surface area contributed by atoms with Crippen molar-refractivity contribution in [1.82, 2.24) is 0 Å². The maximum Gasteiger partial charge on any atom is 0.220 e. The van der Waals surface area contributed by atoms with Crippen molar-refractivity contribution < 1.29 is 4.84 Å². The third kappa shape index (κ3) is 3.70. The second kappa shape index (κ2) is 4.99. The van der Waals surface area contributed by atoms with E-state index in [0.717, 1.165) is 0 Å². The second-order valence-electron chi connectivity index (χ2n) is 1.55. The van der Waals surface area contributed by atoms with E-state index in [1.165, 1.54) is 6.08 Å². The van der Waals surface area contributed by atoms with Gasteiger partial charge in [0.2, 0.25) is 5.71 Å². The van der Waals surface area contributed by atoms with E-state index in [9.17, 15) is 0 Å². The molecule has 0 aliphatic heterocycles. The summed E-state index contributed by atoms with van der Waals surface area (Å²) in [5, 5.41) is 18.4. The van der Waals surface area contributed by atoms with Crippen LogP contribution in [0.4, 0.5) is 0 Å². The van der Waals surface area contributed by atoms with Crippen LogP contribution >= 0.6 is 0 Å². The number of nitrogens with two attached hydrogens (primary N) is 1. The Bertz CT molecular complexity index is 225. The van der Waals surface area contributed by atoms with Crippen LogP contribution in [0.3, 0.4) is 0 Å². The first-order valence-electron chi connectivity index (χ1n) is 2.77. The van der Waals surface area contributed by atoms with Crippen molar-refractivity contribution in [2.75, 3.05) is 6.61 Å². The van der Waals surface area contributed by atoms with Crippen molar-refractivity contribution in [3.8, 4) is 6.07 Å². The highest BCUT2D eigenvalue weighted by atomic mass is 16.6. The highest BCUT2D eigenvalue weighted by molar-refractivity contribution is 6.45. The molecule has 0 radical (unpaired) electrons. The molecular formula is C6H8N4O. The minimum Gasteiger partial charge on any atom is -0.390 e. The van der Waals surface area contributed by atoms with E-state index in [-0.39, 0.29) is 12.3 Å². The van der Waals surface area contributed by atoms with Gasteiger partial charge in [-0.05, 0) is 0 Å². The molecule has 0 aromatic carbocycles. The Morgan fingerprint density at radius 1 is 1.91 bits per heavy atom. The van der Waals surface area contributed by atoms with Gasteiger partial charge in [0.15, 0.2) is 5.84 Å². The lowest BCUT2D eigenvalue weighted by molar-refractivity contribution is 0.176. The number of nitrogens with one attached hydrogen (secondary N) is 1. The summed E-state index contributed by atoms with van der Waals surface area (Å²) in [6.07, 6.45) is 1.47. The fourth-order valence-corrected chi connectivity index (χ4v) is 0.284. The Morgan fingerprint density at radius 3 is 2.91 bits per heavy atom. The third-order valence-electron chi connectivity index (χ3n) is 0.709. The van der Waals surface area contributed by atoms with E-state index >= 15 is 0 Å². The zero-order valence-electron chi connectivity index (χ0n) is 5.87. The minimum atomic E-state index is -0.406. The summed E-state index contributed by atoms with van der Waals surface area (Å²) in [6.45, 7) is 3.56. The van der Waals surface area contributed by atoms with Gasteiger partial charge in [0.25, 0.3) is 0 Å². The van der Waals surface area contributed by atoms with Crippen molar-refractivity contribution in [3.63, 3.8) is 0 Å². The van der Waals surface area contributed by atoms with Crippen LogP contribution in [0.15, 0.2) is 17.8 Å². The van der Waals surface area contributed by atoms with Crippen molar-refractivity contribution in [2.24, 2.45) is 10.9 Å². The molecule has 0 unspecified atom stereocenters. The summed E-state index contributed by atoms with van der Waals surface area (Å²) >= 11 is 0. The molecule has 0 heterocycles. The fourth-order valence-electron chi connectivity index (χ4n) is 0.284. The van der Waals surface area contributed by atoms with Crippen LogP contribution in [0, 0.1) is 16.7 Å². The van der Waals surface area contributed by atoms with Crippen LogP contribution in [0.5, 0.6) is 0 Å². The maximum absolute atomic E-state index is 8.29. The topological polar surface area (TPSA) is 95.2 Å². The third-order valence-corrected chi connectivity index (χ3v) is 0.709. The number of oxime groups is 1. The molecule has 0 rings (SSSR count). The molecule has 5 nitrogen and oxygen atoms in total. The monoisotopic (exact) mass is 152 g/mol. The Hall–Kier alpha value is -1.83. The molecule has 0 aliphatic carbocycles. The zero-order chi connectivity index (χ0) is 8.69. The van der Waals surface area contributed by atoms with E-state index in [4.69, 9.17) is 16.4 Å². The van der Waals surface area contributed by atoms with Gasteiger partial charge >= 0.3 is 0 Å². The largest absolute Gasteiger partial charge is 0.390 e. The number of amidine groups is 1. The van der Waals surface area contributed by atoms with Crippen LogP contribution in [0.2, 0.25) is 0 Å². The van der Waals surface area contributed by atoms with Gasteiger partial charge < -0.3 is 10.6 Å². The first-order chi connectivity index (χ1) is 5.22. The molecule has 0 aromatic rings. The van der Waals surface area contributed by atoms with Gasteiger partial charge in [0.05, 0.1) is 0 Å². The first kappa shape index (κ1) is 9.17. The van der Waals surface area contributed by atoms with Crippen LogP contribution in [0.25, 0.3) is 0 Å². The zero-order valence-corrected chi connectivity index (χ0v) is 5.87. The van der Waals surface area contributed by atoms with Gasteiger partial charge in [-0.1, -0.05) is 17.8 Å². The summed E-state index contributed by atoms with van der Waals surface area (Å²) in [5.74, 6) is -0.406. The average Bonchev–Trinajstić information content (AvgIpc) is 1.97. The van der Waals surface area contributed by atoms with Gasteiger partial charge in [-0.3, -0.25) is 5.41 Å². The lowest BCUT2D eigenvalue weighted by Gasteiger charge is -1.93. The standard InChI is InChI=1S/C6H8N4O/c1-2-3-11-10-5(4-7)6(8)9/h2H,1,3H2,(H3,8,9). The van der Waals surface area contributed by atoms with Crippen molar-refractivity contribution >= 4 is 11.5 Å². The predicted molar refractivity (Wildman–Crippen MR) is 41.1 cm³/mol. The fraction of sp³-hybridized carbons (Fsp3) is 0.167. The molecule has 0 amide bonds. The number of nitrogens with zero attached hydrogens (tertiary/aromatic N) is 2. The molecule has 5 heteroatoms. The summed E-state index contributed by atoms with van der Waals surface area (Å²) in [5.41, 5.74) is 4.72. The van der Waals surface area contributed by atoms with Gasteiger partial charge in [0, 0.05) is 0 Å². The van der Waals surface area contributed by atoms with E-state index in [0.29, 0.717) is 0 Å². The summed E-state index contributed by atoms with van der Waals surface area (Å²) in [4.78, 5) is 4.52. The molecule has 0 saturated carbocycles. The molecule has 0 spiro atoms. The van der Waals surface area contributed by atoms with Crippen LogP contribution in [-0.4, -0.2) is 18.2 Å². The molecule has 0 atom stereocenters. The molecule has 3 N–H and O–H groups in total. The van der Waals surface area contributed by atoms with Gasteiger partial charge in [0.1, 0.15) is 12.7 Å². The number of nitriles is 1. The molecule has 0 saturated heterocycles. The summed E-state index contributed by atoms with van der Waals surface area (Å²) < 4.78 is 0. The molecule has 0 bridgehead atoms. The second-order valence-corrected chi connectivity index (χ2v) is 1.55. The summed E-state index contributed by atoms with van der Waals surface area (Å²) in [7, 11) is 0. The average molecular weight is 152 g/mol. The quantitative estimate of drug-likeness (QED) is 0.195. The SMILES string of the molecule is C=CCON=C(C#N)C(=N)N. The minimum absolute atomic E-state index is 0.193. The van der Waals surface area contributed by atoms with Crippen LogP contribution in [0.1, 0.15) is 0 Å². The maximum atomic E-state index is 8.29. The van der Waals surface area contributed by atoms with E-state index in [1.54, 1.807) is 6.07 Å². The highest BCUT2D eigenvalue weighted by Gasteiger charge is 1.99. The molecule has 0 aromatic heterocycles. The molecular weight excluding hydrogens is 144 g/mol. The predicted octanol–water partition coefficient (Wildman–Crippen LogP) is 0.00455. The van der Waals surface area contributed by atoms with Gasteiger partial charge in [-0.15, -0.1) is 0 Å².